The number of aryl methyl sites for hydroxylation is 1. The van der Waals surface area contributed by atoms with E-state index in [-0.39, 0.29) is 0 Å². The fraction of sp³-hybridized carbons (Fsp3) is 0.739. The molecule has 25 heavy (non-hydrogen) atoms. The Morgan fingerprint density at radius 3 is 1.84 bits per heavy atom. The summed E-state index contributed by atoms with van der Waals surface area (Å²) >= 11 is 5.96. The Balaban J connectivity index is 0.000000195. The van der Waals surface area contributed by atoms with Gasteiger partial charge >= 0.3 is 0 Å². The van der Waals surface area contributed by atoms with E-state index in [9.17, 15) is 0 Å². The molecule has 0 spiro atoms. The van der Waals surface area contributed by atoms with Crippen LogP contribution in [-0.2, 0) is 4.74 Å². The predicted molar refractivity (Wildman–Crippen MR) is 112 cm³/mol. The van der Waals surface area contributed by atoms with E-state index in [1.807, 2.05) is 13.0 Å². The van der Waals surface area contributed by atoms with Crippen molar-refractivity contribution in [2.45, 2.75) is 86.2 Å². The molecule has 2 aliphatic rings. The van der Waals surface area contributed by atoms with Crippen molar-refractivity contribution in [2.75, 3.05) is 6.61 Å². The zero-order valence-electron chi connectivity index (χ0n) is 17.4. The minimum absolute atomic E-state index is 0.563. The fourth-order valence-electron chi connectivity index (χ4n) is 2.72. The first-order valence-corrected chi connectivity index (χ1v) is 10.4. The lowest BCUT2D eigenvalue weighted by molar-refractivity contribution is 0.370. The van der Waals surface area contributed by atoms with Gasteiger partial charge in [-0.25, -0.2) is 0 Å². The molecule has 0 bridgehead atoms. The number of halogens is 1. The van der Waals surface area contributed by atoms with Crippen molar-refractivity contribution in [3.63, 3.8) is 0 Å². The normalized spacial score (nSPS) is 18.6. The third-order valence-corrected chi connectivity index (χ3v) is 4.91. The number of hydrogen-bond donors (Lipinski definition) is 0. The summed E-state index contributed by atoms with van der Waals surface area (Å²) in [4.78, 5) is 0. The minimum atomic E-state index is 0.563. The molecule has 1 atom stereocenters. The summed E-state index contributed by atoms with van der Waals surface area (Å²) in [6.07, 6.45) is 6.37. The van der Waals surface area contributed by atoms with Crippen LogP contribution < -0.4 is 0 Å². The lowest BCUT2D eigenvalue weighted by Crippen LogP contribution is -1.92. The maximum atomic E-state index is 5.96. The van der Waals surface area contributed by atoms with Crippen LogP contribution in [0.2, 0.25) is 5.02 Å². The molecule has 1 aliphatic carbocycles. The van der Waals surface area contributed by atoms with Gasteiger partial charge in [-0.2, -0.15) is 0 Å². The average Bonchev–Trinajstić information content (AvgIpc) is 3.40. The van der Waals surface area contributed by atoms with Crippen LogP contribution in [0.3, 0.4) is 0 Å². The fourth-order valence-corrected chi connectivity index (χ4v) is 2.91. The molecule has 1 aliphatic heterocycles. The van der Waals surface area contributed by atoms with Gasteiger partial charge in [0, 0.05) is 5.02 Å². The maximum absolute atomic E-state index is 5.96. The molecule has 1 saturated carbocycles. The molecule has 1 unspecified atom stereocenters. The molecular weight excluding hydrogens is 328 g/mol. The maximum Gasteiger partial charge on any atom is 0.0812 e. The van der Waals surface area contributed by atoms with Gasteiger partial charge in [-0.1, -0.05) is 78.1 Å². The van der Waals surface area contributed by atoms with E-state index < -0.39 is 0 Å². The van der Waals surface area contributed by atoms with Crippen LogP contribution in [0.1, 0.15) is 84.3 Å². The van der Waals surface area contributed by atoms with E-state index in [1.165, 1.54) is 31.2 Å². The van der Waals surface area contributed by atoms with Crippen molar-refractivity contribution >= 4 is 11.6 Å². The molecule has 1 saturated heterocycles. The van der Waals surface area contributed by atoms with Gasteiger partial charge < -0.3 is 4.74 Å². The summed E-state index contributed by atoms with van der Waals surface area (Å²) < 4.78 is 5.02. The number of benzene rings is 1. The van der Waals surface area contributed by atoms with Crippen LogP contribution in [0.4, 0.5) is 0 Å². The van der Waals surface area contributed by atoms with Crippen molar-refractivity contribution in [1.82, 2.24) is 0 Å². The first kappa shape index (κ1) is 22.5. The molecule has 1 aromatic rings. The van der Waals surface area contributed by atoms with E-state index in [0.29, 0.717) is 12.0 Å². The monoisotopic (exact) mass is 366 g/mol. The molecule has 2 heteroatoms. The zero-order valence-corrected chi connectivity index (χ0v) is 18.2. The lowest BCUT2D eigenvalue weighted by atomic mass is 10.0. The summed E-state index contributed by atoms with van der Waals surface area (Å²) in [5.74, 6) is 3.44. The number of ether oxygens (including phenoxy) is 1. The van der Waals surface area contributed by atoms with Crippen LogP contribution >= 0.6 is 11.6 Å². The predicted octanol–water partition coefficient (Wildman–Crippen LogP) is 7.65. The van der Waals surface area contributed by atoms with Gasteiger partial charge in [0.1, 0.15) is 0 Å². The Morgan fingerprint density at radius 1 is 1.00 bits per heavy atom. The minimum Gasteiger partial charge on any atom is -0.373 e. The molecule has 1 heterocycles. The van der Waals surface area contributed by atoms with Crippen molar-refractivity contribution in [3.05, 3.63) is 34.3 Å². The Kier molecular flexibility index (Phi) is 10.1. The van der Waals surface area contributed by atoms with Crippen molar-refractivity contribution in [2.24, 2.45) is 17.8 Å². The first-order chi connectivity index (χ1) is 11.7. The molecule has 144 valence electrons. The Morgan fingerprint density at radius 2 is 1.56 bits per heavy atom. The largest absolute Gasteiger partial charge is 0.373 e. The van der Waals surface area contributed by atoms with Crippen LogP contribution in [0.5, 0.6) is 0 Å². The second-order valence-electron chi connectivity index (χ2n) is 8.82. The number of hydrogen-bond acceptors (Lipinski definition) is 1. The van der Waals surface area contributed by atoms with E-state index in [4.69, 9.17) is 16.3 Å². The highest BCUT2D eigenvalue weighted by Crippen LogP contribution is 2.34. The topological polar surface area (TPSA) is 12.5 Å². The van der Waals surface area contributed by atoms with Gasteiger partial charge in [-0.3, -0.25) is 0 Å². The van der Waals surface area contributed by atoms with E-state index in [0.717, 1.165) is 34.9 Å². The van der Waals surface area contributed by atoms with Gasteiger partial charge in [-0.15, -0.1) is 0 Å². The van der Waals surface area contributed by atoms with Crippen molar-refractivity contribution < 1.29 is 4.74 Å². The highest BCUT2D eigenvalue weighted by molar-refractivity contribution is 6.31. The van der Waals surface area contributed by atoms with Crippen LogP contribution in [-0.4, -0.2) is 12.7 Å². The van der Waals surface area contributed by atoms with Gasteiger partial charge in [0.05, 0.1) is 12.7 Å². The zero-order chi connectivity index (χ0) is 19.0. The quantitative estimate of drug-likeness (QED) is 0.487. The molecule has 0 radical (unpaired) electrons. The Labute approximate surface area is 161 Å². The SMILES string of the molecule is CC(C)CC1CC1.CC(C)CC1CO1.Cc1ccc(C(C)C)cc1Cl. The van der Waals surface area contributed by atoms with Gasteiger partial charge in [0.2, 0.25) is 0 Å². The van der Waals surface area contributed by atoms with Gasteiger partial charge in [0.15, 0.2) is 0 Å². The summed E-state index contributed by atoms with van der Waals surface area (Å²) in [6.45, 7) is 16.4. The van der Waals surface area contributed by atoms with E-state index >= 15 is 0 Å². The highest BCUT2D eigenvalue weighted by atomic mass is 35.5. The van der Waals surface area contributed by atoms with Gasteiger partial charge in [0.25, 0.3) is 0 Å². The third kappa shape index (κ3) is 11.7. The summed E-state index contributed by atoms with van der Waals surface area (Å²) in [7, 11) is 0. The second kappa shape index (κ2) is 11.2. The molecule has 0 N–H and O–H groups in total. The molecule has 1 aromatic carbocycles. The third-order valence-electron chi connectivity index (χ3n) is 4.50. The van der Waals surface area contributed by atoms with E-state index in [2.05, 4.69) is 53.7 Å². The van der Waals surface area contributed by atoms with E-state index in [1.54, 1.807) is 0 Å². The molecule has 0 aromatic heterocycles. The molecule has 1 nitrogen and oxygen atoms in total. The van der Waals surface area contributed by atoms with Crippen molar-refractivity contribution in [1.29, 1.82) is 0 Å². The number of epoxide rings is 1. The number of rotatable bonds is 5. The highest BCUT2D eigenvalue weighted by Gasteiger charge is 2.22. The van der Waals surface area contributed by atoms with Crippen molar-refractivity contribution in [3.8, 4) is 0 Å². The lowest BCUT2D eigenvalue weighted by Gasteiger charge is -2.06. The summed E-state index contributed by atoms with van der Waals surface area (Å²) in [5.41, 5.74) is 2.46. The van der Waals surface area contributed by atoms with Crippen LogP contribution in [0.15, 0.2) is 18.2 Å². The van der Waals surface area contributed by atoms with Crippen LogP contribution in [0.25, 0.3) is 0 Å². The molecule has 0 amide bonds. The first-order valence-electron chi connectivity index (χ1n) is 10.1. The Hall–Kier alpha value is -0.530. The summed E-state index contributed by atoms with van der Waals surface area (Å²) in [5, 5.41) is 0.871. The standard InChI is InChI=1S/C10H13Cl.C7H14.C6H12O/c1-7(2)9-5-4-8(3)10(11)6-9;1-6(2)5-7-3-4-7;1-5(2)3-6-4-7-6/h4-7H,1-3H3;6-7H,3-5H2,1-2H3;5-6H,3-4H2,1-2H3. The molecule has 2 fully saturated rings. The Bertz CT molecular complexity index is 467. The summed E-state index contributed by atoms with van der Waals surface area (Å²) in [6, 6.07) is 6.24. The average molecular weight is 367 g/mol. The van der Waals surface area contributed by atoms with Gasteiger partial charge in [-0.05, 0) is 60.6 Å². The molecular formula is C23H39ClO. The van der Waals surface area contributed by atoms with Crippen LogP contribution in [0, 0.1) is 24.7 Å². The molecule has 3 rings (SSSR count). The smallest absolute Gasteiger partial charge is 0.0812 e. The second-order valence-corrected chi connectivity index (χ2v) is 9.23.